The van der Waals surface area contributed by atoms with E-state index in [9.17, 15) is 0 Å². The number of nitrogens with zero attached hydrogens (tertiary/aromatic N) is 10. The normalized spacial score (nSPS) is 11.6. The van der Waals surface area contributed by atoms with Crippen molar-refractivity contribution >= 4 is 109 Å². The van der Waals surface area contributed by atoms with Crippen LogP contribution in [0.25, 0.3) is 221 Å². The number of aromatic nitrogens is 10. The number of rotatable bonds is 10. The van der Waals surface area contributed by atoms with Crippen molar-refractivity contribution in [2.45, 2.75) is 0 Å². The molecule has 22 aromatic rings. The van der Waals surface area contributed by atoms with Gasteiger partial charge in [-0.05, 0) is 153 Å². The van der Waals surface area contributed by atoms with Crippen molar-refractivity contribution in [2.75, 3.05) is 0 Å². The number of hydrogen-bond donors (Lipinski definition) is 0. The summed E-state index contributed by atoms with van der Waals surface area (Å²) in [7, 11) is 0. The topological polar surface area (TPSA) is 129 Å². The first kappa shape index (κ1) is 65.1. The Kier molecular flexibility index (Phi) is 16.0. The predicted octanol–water partition coefficient (Wildman–Crippen LogP) is 25.5. The Labute approximate surface area is 643 Å². The second kappa shape index (κ2) is 27.5. The van der Waals surface area contributed by atoms with Crippen LogP contribution < -0.4 is 0 Å². The highest BCUT2D eigenvalue weighted by molar-refractivity contribution is 6.09. The van der Waals surface area contributed by atoms with Crippen LogP contribution >= 0.6 is 0 Å². The number of pyridine rings is 10. The monoisotopic (exact) mass is 1430 g/mol. The number of hydrogen-bond acceptors (Lipinski definition) is 10. The molecule has 112 heavy (non-hydrogen) atoms. The molecule has 0 aliphatic carbocycles. The zero-order valence-electron chi connectivity index (χ0n) is 60.3. The van der Waals surface area contributed by atoms with Crippen LogP contribution in [0.4, 0.5) is 0 Å². The molecule has 0 bridgehead atoms. The summed E-state index contributed by atoms with van der Waals surface area (Å²) in [6.07, 6.45) is 7.25. The second-order valence-electron chi connectivity index (χ2n) is 28.3. The van der Waals surface area contributed by atoms with Gasteiger partial charge in [0.05, 0.1) is 89.7 Å². The van der Waals surface area contributed by atoms with E-state index in [-0.39, 0.29) is 0 Å². The van der Waals surface area contributed by atoms with E-state index in [1.54, 1.807) is 12.4 Å². The quantitative estimate of drug-likeness (QED) is 0.122. The summed E-state index contributed by atoms with van der Waals surface area (Å²) >= 11 is 0. The van der Waals surface area contributed by atoms with E-state index in [1.807, 2.05) is 85.2 Å². The third-order valence-electron chi connectivity index (χ3n) is 21.4. The molecule has 0 radical (unpaired) electrons. The Hall–Kier alpha value is -15.3. The minimum absolute atomic E-state index is 0.899. The van der Waals surface area contributed by atoms with E-state index in [0.29, 0.717) is 0 Å². The first-order chi connectivity index (χ1) is 55.4. The van der Waals surface area contributed by atoms with Crippen molar-refractivity contribution < 1.29 is 0 Å². The van der Waals surface area contributed by atoms with Gasteiger partial charge in [0.2, 0.25) is 0 Å². The largest absolute Gasteiger partial charge is 0.264 e. The first-order valence-electron chi connectivity index (χ1n) is 37.4. The van der Waals surface area contributed by atoms with Crippen LogP contribution in [-0.4, -0.2) is 49.8 Å². The molecule has 10 heterocycles. The molecule has 0 N–H and O–H groups in total. The van der Waals surface area contributed by atoms with E-state index < -0.39 is 0 Å². The molecule has 0 saturated heterocycles. The molecule has 10 aromatic heterocycles. The first-order valence-corrected chi connectivity index (χ1v) is 37.4. The molecule has 0 unspecified atom stereocenters. The van der Waals surface area contributed by atoms with Crippen LogP contribution in [0.3, 0.4) is 0 Å². The van der Waals surface area contributed by atoms with Gasteiger partial charge in [0.25, 0.3) is 0 Å². The predicted molar refractivity (Wildman–Crippen MR) is 460 cm³/mol. The van der Waals surface area contributed by atoms with Gasteiger partial charge in [-0.15, -0.1) is 0 Å². The summed E-state index contributed by atoms with van der Waals surface area (Å²) in [5, 5.41) is 13.3. The van der Waals surface area contributed by atoms with Crippen LogP contribution in [0, 0.1) is 0 Å². The van der Waals surface area contributed by atoms with Gasteiger partial charge < -0.3 is 0 Å². The number of benzene rings is 12. The molecule has 10 nitrogen and oxygen atoms in total. The Morgan fingerprint density at radius 3 is 0.866 bits per heavy atom. The highest BCUT2D eigenvalue weighted by atomic mass is 14.8. The maximum atomic E-state index is 5.30. The molecular formula is C102H62N10. The maximum Gasteiger partial charge on any atom is 0.0972 e. The molecule has 12 aromatic carbocycles. The summed E-state index contributed by atoms with van der Waals surface area (Å²) in [6, 6.07) is 123. The molecular weight excluding hydrogens is 1370 g/mol. The fourth-order valence-corrected chi connectivity index (χ4v) is 15.6. The van der Waals surface area contributed by atoms with Gasteiger partial charge in [-0.2, -0.15) is 0 Å². The van der Waals surface area contributed by atoms with Gasteiger partial charge in [0, 0.05) is 112 Å². The van der Waals surface area contributed by atoms with E-state index >= 15 is 0 Å². The van der Waals surface area contributed by atoms with Crippen molar-refractivity contribution in [2.24, 2.45) is 0 Å². The minimum atomic E-state index is 0.899. The molecule has 0 aliphatic rings. The summed E-state index contributed by atoms with van der Waals surface area (Å²) in [4.78, 5) is 49.5. The van der Waals surface area contributed by atoms with Crippen molar-refractivity contribution in [1.82, 2.24) is 49.8 Å². The van der Waals surface area contributed by atoms with Gasteiger partial charge in [0.15, 0.2) is 0 Å². The molecule has 0 saturated carbocycles. The van der Waals surface area contributed by atoms with Gasteiger partial charge in [-0.3, -0.25) is 9.97 Å². The fourth-order valence-electron chi connectivity index (χ4n) is 15.6. The van der Waals surface area contributed by atoms with Crippen molar-refractivity contribution in [3.05, 3.63) is 377 Å². The lowest BCUT2D eigenvalue weighted by Crippen LogP contribution is -1.92. The maximum absolute atomic E-state index is 5.30. The summed E-state index contributed by atoms with van der Waals surface area (Å²) in [5.41, 5.74) is 27.7. The zero-order chi connectivity index (χ0) is 74.0. The van der Waals surface area contributed by atoms with Crippen LogP contribution in [-0.2, 0) is 0 Å². The average Bonchev–Trinajstić information content (AvgIpc) is 0.742. The lowest BCUT2D eigenvalue weighted by atomic mass is 9.93. The number of fused-ring (bicyclic) bond motifs is 12. The third kappa shape index (κ3) is 12.2. The zero-order valence-corrected chi connectivity index (χ0v) is 60.3. The van der Waals surface area contributed by atoms with E-state index in [0.717, 1.165) is 216 Å². The Bertz CT molecular complexity index is 7510. The van der Waals surface area contributed by atoms with Crippen LogP contribution in [0.15, 0.2) is 377 Å². The second-order valence-corrected chi connectivity index (χ2v) is 28.3. The summed E-state index contributed by atoms with van der Waals surface area (Å²) in [6.45, 7) is 0. The van der Waals surface area contributed by atoms with Crippen LogP contribution in [0.1, 0.15) is 0 Å². The van der Waals surface area contributed by atoms with Gasteiger partial charge >= 0.3 is 0 Å². The van der Waals surface area contributed by atoms with E-state index in [2.05, 4.69) is 289 Å². The highest BCUT2D eigenvalue weighted by Crippen LogP contribution is 2.40. The summed E-state index contributed by atoms with van der Waals surface area (Å²) in [5.74, 6) is 0. The highest BCUT2D eigenvalue weighted by Gasteiger charge is 2.18. The van der Waals surface area contributed by atoms with Crippen molar-refractivity contribution in [1.29, 1.82) is 0 Å². The third-order valence-corrected chi connectivity index (χ3v) is 21.4. The van der Waals surface area contributed by atoms with Crippen molar-refractivity contribution in [3.63, 3.8) is 0 Å². The van der Waals surface area contributed by atoms with Crippen molar-refractivity contribution in [3.8, 4) is 112 Å². The standard InChI is InChI=1S/2C51H31N5/c1-2-7-32(8-3-1)44-26-20-35-14-15-36-21-27-47(56-51(36)50(35)55-44)43-23-22-40(41-10-4-5-11-42(41)43)37-16-12-33-18-24-45(53-48(33)29-37)38-17-13-34-19-25-46(54-49(34)30-38)39-9-6-28-52-31-39;1-2-5-32(6-3-1)44-24-20-35-10-11-36-21-25-46(56-51(36)50(35)55-44)41-17-15-37-27-38(13-14-39(37)28-41)40-12-8-33-18-22-45(53-48(33)29-40)42-16-9-34-19-23-47(54-49(34)30-42)43-7-4-26-52-31-43/h2*1-31H. The van der Waals surface area contributed by atoms with E-state index in [1.165, 1.54) is 5.39 Å². The smallest absolute Gasteiger partial charge is 0.0972 e. The Morgan fingerprint density at radius 1 is 0.152 bits per heavy atom. The fraction of sp³-hybridized carbons (Fsp3) is 0. The van der Waals surface area contributed by atoms with E-state index in [4.69, 9.17) is 39.9 Å². The van der Waals surface area contributed by atoms with Crippen LogP contribution in [0.5, 0.6) is 0 Å². The SMILES string of the molecule is c1ccc(-c2ccc3ccc4ccc(-c5ccc(-c6ccc7ccc(-c8ccc9ccc(-c%10cccnc%10)nc9c8)nc7c6)c6ccccc56)nc4c3n2)cc1.c1ccc(-c2ccc3ccc4ccc(-c5ccc6cc(-c7ccc8ccc(-c9ccc%10ccc(-c%11cccnc%11)nc%10c9)nc8c7)ccc6c5)nc4c3n2)cc1. The van der Waals surface area contributed by atoms with Gasteiger partial charge in [-0.1, -0.05) is 243 Å². The molecule has 0 amide bonds. The lowest BCUT2D eigenvalue weighted by molar-refractivity contribution is 1.30. The van der Waals surface area contributed by atoms with Crippen LogP contribution in [0.2, 0.25) is 0 Å². The lowest BCUT2D eigenvalue weighted by Gasteiger charge is -2.13. The Balaban J connectivity index is 0.000000141. The molecule has 10 heteroatoms. The summed E-state index contributed by atoms with van der Waals surface area (Å²) < 4.78 is 0. The molecule has 0 aliphatic heterocycles. The average molecular weight is 1430 g/mol. The molecule has 520 valence electrons. The molecule has 22 rings (SSSR count). The Morgan fingerprint density at radius 2 is 0.429 bits per heavy atom. The molecule has 0 spiro atoms. The minimum Gasteiger partial charge on any atom is -0.264 e. The van der Waals surface area contributed by atoms with Gasteiger partial charge in [-0.25, -0.2) is 39.9 Å². The van der Waals surface area contributed by atoms with Gasteiger partial charge in [0.1, 0.15) is 0 Å². The molecule has 0 atom stereocenters. The molecule has 0 fully saturated rings.